The summed E-state index contributed by atoms with van der Waals surface area (Å²) >= 11 is 0. The van der Waals surface area contributed by atoms with E-state index in [0.29, 0.717) is 5.65 Å². The number of nitrogens with two attached hydrogens (primary N) is 1. The normalized spacial score (nSPS) is 10.5. The van der Waals surface area contributed by atoms with Crippen LogP contribution in [0.2, 0.25) is 0 Å². The minimum atomic E-state index is -1.11. The number of carboxylic acids is 1. The molecule has 0 saturated heterocycles. The number of anilines is 1. The van der Waals surface area contributed by atoms with E-state index >= 15 is 0 Å². The van der Waals surface area contributed by atoms with Gasteiger partial charge in [0.2, 0.25) is 0 Å². The van der Waals surface area contributed by atoms with Gasteiger partial charge < -0.3 is 10.8 Å². The number of hydrogen-bond donors (Lipinski definition) is 2. The summed E-state index contributed by atoms with van der Waals surface area (Å²) in [7, 11) is 0. The molecule has 0 saturated carbocycles. The fraction of sp³-hybridized carbons (Fsp3) is 0. The minimum absolute atomic E-state index is 0.105. The van der Waals surface area contributed by atoms with E-state index in [1.807, 2.05) is 0 Å². The predicted octanol–water partition coefficient (Wildman–Crippen LogP) is 0.615. The molecule has 0 bridgehead atoms. The van der Waals surface area contributed by atoms with Crippen LogP contribution in [0.3, 0.4) is 0 Å². The highest BCUT2D eigenvalue weighted by Gasteiger charge is 2.14. The molecule has 0 aliphatic carbocycles. The van der Waals surface area contributed by atoms with Crippen molar-refractivity contribution in [2.24, 2.45) is 0 Å². The van der Waals surface area contributed by atoms with E-state index in [0.717, 1.165) is 0 Å². The van der Waals surface area contributed by atoms with Gasteiger partial charge in [-0.1, -0.05) is 6.07 Å². The van der Waals surface area contributed by atoms with Crippen molar-refractivity contribution in [1.29, 1.82) is 0 Å². The zero-order chi connectivity index (χ0) is 9.42. The third-order valence-corrected chi connectivity index (χ3v) is 1.77. The lowest BCUT2D eigenvalue weighted by Gasteiger charge is -1.93. The second-order valence-electron chi connectivity index (χ2n) is 2.58. The van der Waals surface area contributed by atoms with Crippen LogP contribution in [0.5, 0.6) is 0 Å². The number of pyridine rings is 1. The Kier molecular flexibility index (Phi) is 1.45. The van der Waals surface area contributed by atoms with Crippen LogP contribution in [0.25, 0.3) is 5.65 Å². The molecular formula is C8H7N3O2. The van der Waals surface area contributed by atoms with Gasteiger partial charge in [0.15, 0.2) is 5.69 Å². The first kappa shape index (κ1) is 7.60. The van der Waals surface area contributed by atoms with E-state index in [1.54, 1.807) is 24.4 Å². The number of hydrogen-bond acceptors (Lipinski definition) is 3. The smallest absolute Gasteiger partial charge is 0.358 e. The van der Waals surface area contributed by atoms with Crippen molar-refractivity contribution in [2.75, 3.05) is 5.73 Å². The number of nitrogens with zero attached hydrogens (tertiary/aromatic N) is 2. The number of nitrogen functional groups attached to an aromatic ring is 1. The van der Waals surface area contributed by atoms with E-state index in [2.05, 4.69) is 4.98 Å². The maximum Gasteiger partial charge on any atom is 0.358 e. The summed E-state index contributed by atoms with van der Waals surface area (Å²) in [5, 5.41) is 8.71. The monoisotopic (exact) mass is 177 g/mol. The molecule has 0 unspecified atom stereocenters. The average molecular weight is 177 g/mol. The van der Waals surface area contributed by atoms with Gasteiger partial charge in [0, 0.05) is 6.20 Å². The highest BCUT2D eigenvalue weighted by atomic mass is 16.4. The van der Waals surface area contributed by atoms with Crippen LogP contribution >= 0.6 is 0 Å². The van der Waals surface area contributed by atoms with E-state index < -0.39 is 5.97 Å². The lowest BCUT2D eigenvalue weighted by Crippen LogP contribution is -2.02. The summed E-state index contributed by atoms with van der Waals surface area (Å²) in [4.78, 5) is 14.5. The van der Waals surface area contributed by atoms with Crippen LogP contribution in [0.4, 0.5) is 5.82 Å². The summed E-state index contributed by atoms with van der Waals surface area (Å²) < 4.78 is 1.53. The zero-order valence-electron chi connectivity index (χ0n) is 6.64. The van der Waals surface area contributed by atoms with Gasteiger partial charge in [-0.05, 0) is 12.1 Å². The van der Waals surface area contributed by atoms with Crippen LogP contribution in [-0.2, 0) is 0 Å². The molecule has 0 amide bonds. The van der Waals surface area contributed by atoms with E-state index in [4.69, 9.17) is 10.8 Å². The molecule has 0 aromatic carbocycles. The predicted molar refractivity (Wildman–Crippen MR) is 46.6 cm³/mol. The molecule has 5 heteroatoms. The number of carboxylic acid groups (broad SMARTS) is 1. The number of rotatable bonds is 1. The Morgan fingerprint density at radius 1 is 1.54 bits per heavy atom. The molecule has 0 radical (unpaired) electrons. The standard InChI is InChI=1S/C8H7N3O2/c9-7-6(8(12)13)10-5-3-1-2-4-11(5)7/h1-4H,9H2,(H,12,13). The van der Waals surface area contributed by atoms with Crippen molar-refractivity contribution in [3.63, 3.8) is 0 Å². The van der Waals surface area contributed by atoms with Crippen molar-refractivity contribution < 1.29 is 9.90 Å². The molecule has 2 aromatic heterocycles. The van der Waals surface area contributed by atoms with Gasteiger partial charge in [0.1, 0.15) is 11.5 Å². The molecule has 66 valence electrons. The van der Waals surface area contributed by atoms with Gasteiger partial charge in [0.05, 0.1) is 0 Å². The molecule has 13 heavy (non-hydrogen) atoms. The van der Waals surface area contributed by atoms with Crippen LogP contribution in [-0.4, -0.2) is 20.5 Å². The van der Waals surface area contributed by atoms with E-state index in [9.17, 15) is 4.79 Å². The van der Waals surface area contributed by atoms with Crippen molar-refractivity contribution in [3.8, 4) is 0 Å². The van der Waals surface area contributed by atoms with E-state index in [-0.39, 0.29) is 11.5 Å². The van der Waals surface area contributed by atoms with Crippen molar-refractivity contribution >= 4 is 17.4 Å². The SMILES string of the molecule is Nc1c(C(=O)O)nc2ccccn12. The largest absolute Gasteiger partial charge is 0.476 e. The Labute approximate surface area is 73.4 Å². The minimum Gasteiger partial charge on any atom is -0.476 e. The second kappa shape index (κ2) is 2.48. The first-order chi connectivity index (χ1) is 6.20. The van der Waals surface area contributed by atoms with Gasteiger partial charge in [-0.25, -0.2) is 9.78 Å². The Hall–Kier alpha value is -2.04. The Balaban J connectivity index is 2.81. The summed E-state index contributed by atoms with van der Waals surface area (Å²) in [6.07, 6.45) is 1.67. The maximum atomic E-state index is 10.6. The summed E-state index contributed by atoms with van der Waals surface area (Å²) in [5.74, 6) is -0.954. The van der Waals surface area contributed by atoms with Crippen LogP contribution in [0, 0.1) is 0 Å². The quantitative estimate of drug-likeness (QED) is 0.668. The maximum absolute atomic E-state index is 10.6. The third-order valence-electron chi connectivity index (χ3n) is 1.77. The van der Waals surface area contributed by atoms with Crippen molar-refractivity contribution in [2.45, 2.75) is 0 Å². The summed E-state index contributed by atoms with van der Waals surface area (Å²) in [6, 6.07) is 5.23. The van der Waals surface area contributed by atoms with Gasteiger partial charge >= 0.3 is 5.97 Å². The lowest BCUT2D eigenvalue weighted by atomic mass is 10.4. The topological polar surface area (TPSA) is 80.6 Å². The fourth-order valence-corrected chi connectivity index (χ4v) is 1.17. The molecule has 0 aliphatic rings. The second-order valence-corrected chi connectivity index (χ2v) is 2.58. The molecular weight excluding hydrogens is 170 g/mol. The number of aromatic carboxylic acids is 1. The van der Waals surface area contributed by atoms with Gasteiger partial charge in [-0.15, -0.1) is 0 Å². The number of fused-ring (bicyclic) bond motifs is 1. The molecule has 2 heterocycles. The number of aromatic nitrogens is 2. The van der Waals surface area contributed by atoms with Gasteiger partial charge in [-0.2, -0.15) is 0 Å². The van der Waals surface area contributed by atoms with Crippen molar-refractivity contribution in [3.05, 3.63) is 30.1 Å². The van der Waals surface area contributed by atoms with E-state index in [1.165, 1.54) is 4.40 Å². The zero-order valence-corrected chi connectivity index (χ0v) is 6.64. The first-order valence-electron chi connectivity index (χ1n) is 3.66. The van der Waals surface area contributed by atoms with Gasteiger partial charge in [-0.3, -0.25) is 4.40 Å². The molecule has 5 nitrogen and oxygen atoms in total. The molecule has 0 aliphatic heterocycles. The van der Waals surface area contributed by atoms with Crippen molar-refractivity contribution in [1.82, 2.24) is 9.38 Å². The molecule has 0 atom stereocenters. The third kappa shape index (κ3) is 1.01. The van der Waals surface area contributed by atoms with Gasteiger partial charge in [0.25, 0.3) is 0 Å². The average Bonchev–Trinajstić information content (AvgIpc) is 2.45. The Morgan fingerprint density at radius 3 is 2.92 bits per heavy atom. The molecule has 2 aromatic rings. The van der Waals surface area contributed by atoms with Crippen LogP contribution in [0.1, 0.15) is 10.5 Å². The number of carbonyl (C=O) groups is 1. The summed E-state index contributed by atoms with van der Waals surface area (Å²) in [6.45, 7) is 0. The molecule has 0 spiro atoms. The fourth-order valence-electron chi connectivity index (χ4n) is 1.17. The van der Waals surface area contributed by atoms with Crippen LogP contribution < -0.4 is 5.73 Å². The lowest BCUT2D eigenvalue weighted by molar-refractivity contribution is 0.0692. The highest BCUT2D eigenvalue weighted by molar-refractivity contribution is 5.91. The highest BCUT2D eigenvalue weighted by Crippen LogP contribution is 2.13. The van der Waals surface area contributed by atoms with Crippen LogP contribution in [0.15, 0.2) is 24.4 Å². The first-order valence-corrected chi connectivity index (χ1v) is 3.66. The molecule has 2 rings (SSSR count). The molecule has 0 fully saturated rings. The Bertz CT molecular complexity index is 475. The number of imidazole rings is 1. The summed E-state index contributed by atoms with van der Waals surface area (Å²) in [5.41, 5.74) is 5.99. The molecule has 3 N–H and O–H groups in total. The Morgan fingerprint density at radius 2 is 2.31 bits per heavy atom.